The Balaban J connectivity index is 1.81. The van der Waals surface area contributed by atoms with Crippen molar-refractivity contribution in [1.29, 1.82) is 0 Å². The van der Waals surface area contributed by atoms with Crippen molar-refractivity contribution in [1.82, 2.24) is 9.55 Å². The summed E-state index contributed by atoms with van der Waals surface area (Å²) in [5.74, 6) is -2.26. The number of fused-ring (bicyclic) bond motifs is 1. The van der Waals surface area contributed by atoms with E-state index in [9.17, 15) is 18.0 Å². The second-order valence-electron chi connectivity index (χ2n) is 6.40. The fourth-order valence-electron chi connectivity index (χ4n) is 3.46. The molecule has 0 fully saturated rings. The number of anilines is 1. The lowest BCUT2D eigenvalue weighted by atomic mass is 10.0. The van der Waals surface area contributed by atoms with Crippen molar-refractivity contribution in [2.24, 2.45) is 0 Å². The van der Waals surface area contributed by atoms with Gasteiger partial charge in [0, 0.05) is 18.3 Å². The van der Waals surface area contributed by atoms with Gasteiger partial charge in [-0.25, -0.2) is 18.2 Å². The maximum Gasteiger partial charge on any atom is 0.277 e. The van der Waals surface area contributed by atoms with Crippen LogP contribution in [-0.2, 0) is 6.42 Å². The zero-order valence-electron chi connectivity index (χ0n) is 15.0. The fourth-order valence-corrected chi connectivity index (χ4v) is 4.01. The molecule has 144 valence electrons. The van der Waals surface area contributed by atoms with Gasteiger partial charge in [0.2, 0.25) is 0 Å². The second kappa shape index (κ2) is 7.35. The minimum absolute atomic E-state index is 0.107. The van der Waals surface area contributed by atoms with Crippen molar-refractivity contribution in [2.75, 3.05) is 17.7 Å². The van der Waals surface area contributed by atoms with Crippen LogP contribution in [0.1, 0.15) is 22.5 Å². The largest absolute Gasteiger partial charge is 0.304 e. The number of aryl methyl sites for hydroxylation is 1. The highest BCUT2D eigenvalue weighted by Gasteiger charge is 2.30. The van der Waals surface area contributed by atoms with Gasteiger partial charge in [0.05, 0.1) is 11.9 Å². The Morgan fingerprint density at radius 2 is 1.86 bits per heavy atom. The van der Waals surface area contributed by atoms with Gasteiger partial charge in [-0.2, -0.15) is 0 Å². The molecule has 0 spiro atoms. The third-order valence-electron chi connectivity index (χ3n) is 4.67. The van der Waals surface area contributed by atoms with Crippen molar-refractivity contribution in [3.63, 3.8) is 0 Å². The first kappa shape index (κ1) is 18.6. The van der Waals surface area contributed by atoms with Gasteiger partial charge in [-0.3, -0.25) is 9.36 Å². The lowest BCUT2D eigenvalue weighted by Gasteiger charge is -2.30. The lowest BCUT2D eigenvalue weighted by molar-refractivity contribution is 0.0977. The summed E-state index contributed by atoms with van der Waals surface area (Å²) in [7, 11) is 0. The predicted molar refractivity (Wildman–Crippen MR) is 102 cm³/mol. The number of imidazole rings is 1. The molecule has 8 heteroatoms. The van der Waals surface area contributed by atoms with Crippen LogP contribution in [-0.4, -0.2) is 28.3 Å². The third-order valence-corrected chi connectivity index (χ3v) is 5.32. The van der Waals surface area contributed by atoms with E-state index in [0.717, 1.165) is 6.07 Å². The molecule has 0 saturated carbocycles. The molecule has 1 amide bonds. The van der Waals surface area contributed by atoms with E-state index < -0.39 is 23.4 Å². The van der Waals surface area contributed by atoms with E-state index in [-0.39, 0.29) is 11.4 Å². The number of benzene rings is 2. The Kier molecular flexibility index (Phi) is 4.89. The number of rotatable bonds is 3. The molecule has 2 aromatic carbocycles. The number of carbonyl (C=O) groups excluding carboxylic acids is 1. The summed E-state index contributed by atoms with van der Waals surface area (Å²) in [6.07, 6.45) is 4.34. The normalized spacial score (nSPS) is 13.5. The standard InChI is InChI=1S/C20H16F3N3OS/c1-28-20-24-11-17(26(20)15-6-4-13(21)5-7-15)19(27)25-8-2-3-12-9-14(22)10-16(23)18(12)25/h4-7,9-11H,2-3,8H2,1H3. The molecule has 0 atom stereocenters. The van der Waals surface area contributed by atoms with Gasteiger partial charge in [-0.05, 0) is 55.0 Å². The molecule has 4 rings (SSSR count). The Bertz CT molecular complexity index is 1050. The molecule has 0 N–H and O–H groups in total. The summed E-state index contributed by atoms with van der Waals surface area (Å²) in [6.45, 7) is 0.317. The Morgan fingerprint density at radius 1 is 1.11 bits per heavy atom. The summed E-state index contributed by atoms with van der Waals surface area (Å²) >= 11 is 1.33. The number of amides is 1. The molecule has 1 aromatic heterocycles. The van der Waals surface area contributed by atoms with E-state index in [0.29, 0.717) is 35.8 Å². The molecule has 0 saturated heterocycles. The monoisotopic (exact) mass is 403 g/mol. The lowest BCUT2D eigenvalue weighted by Crippen LogP contribution is -2.37. The Hall–Kier alpha value is -2.74. The number of hydrogen-bond donors (Lipinski definition) is 0. The molecular weight excluding hydrogens is 387 g/mol. The van der Waals surface area contributed by atoms with Crippen LogP contribution in [0.15, 0.2) is 47.8 Å². The van der Waals surface area contributed by atoms with Gasteiger partial charge in [0.25, 0.3) is 5.91 Å². The van der Waals surface area contributed by atoms with E-state index in [1.165, 1.54) is 41.1 Å². The Morgan fingerprint density at radius 3 is 2.57 bits per heavy atom. The summed E-state index contributed by atoms with van der Waals surface area (Å²) in [4.78, 5) is 18.9. The molecular formula is C20H16F3N3OS. The number of aromatic nitrogens is 2. The minimum atomic E-state index is -0.763. The van der Waals surface area contributed by atoms with Crippen molar-refractivity contribution in [3.05, 3.63) is 71.3 Å². The van der Waals surface area contributed by atoms with Crippen molar-refractivity contribution < 1.29 is 18.0 Å². The van der Waals surface area contributed by atoms with Gasteiger partial charge < -0.3 is 4.90 Å². The number of carbonyl (C=O) groups is 1. The molecule has 1 aliphatic rings. The molecule has 3 aromatic rings. The van der Waals surface area contributed by atoms with Crippen LogP contribution < -0.4 is 4.90 Å². The summed E-state index contributed by atoms with van der Waals surface area (Å²) < 4.78 is 43.0. The highest BCUT2D eigenvalue weighted by Crippen LogP contribution is 2.33. The van der Waals surface area contributed by atoms with Gasteiger partial charge in [-0.15, -0.1) is 0 Å². The summed E-state index contributed by atoms with van der Waals surface area (Å²) in [5.41, 5.74) is 1.38. The molecule has 0 bridgehead atoms. The van der Waals surface area contributed by atoms with E-state index >= 15 is 0 Å². The zero-order chi connectivity index (χ0) is 19.8. The Labute approximate surface area is 164 Å². The average Bonchev–Trinajstić information content (AvgIpc) is 3.11. The van der Waals surface area contributed by atoms with Crippen LogP contribution in [0.3, 0.4) is 0 Å². The third kappa shape index (κ3) is 3.17. The molecule has 2 heterocycles. The first-order valence-corrected chi connectivity index (χ1v) is 9.89. The molecule has 28 heavy (non-hydrogen) atoms. The molecule has 0 radical (unpaired) electrons. The van der Waals surface area contributed by atoms with Crippen molar-refractivity contribution in [2.45, 2.75) is 18.0 Å². The van der Waals surface area contributed by atoms with E-state index in [1.54, 1.807) is 16.7 Å². The first-order chi connectivity index (χ1) is 13.5. The number of thioether (sulfide) groups is 1. The van der Waals surface area contributed by atoms with Crippen LogP contribution in [0.25, 0.3) is 5.69 Å². The minimum Gasteiger partial charge on any atom is -0.304 e. The van der Waals surface area contributed by atoms with Crippen LogP contribution in [0.2, 0.25) is 0 Å². The molecule has 1 aliphatic heterocycles. The molecule has 4 nitrogen and oxygen atoms in total. The summed E-state index contributed by atoms with van der Waals surface area (Å²) in [5, 5.41) is 0.548. The van der Waals surface area contributed by atoms with Crippen LogP contribution >= 0.6 is 11.8 Å². The number of nitrogens with zero attached hydrogens (tertiary/aromatic N) is 3. The summed E-state index contributed by atoms with van der Waals surface area (Å²) in [6, 6.07) is 7.75. The van der Waals surface area contributed by atoms with Gasteiger partial charge in [0.15, 0.2) is 5.16 Å². The maximum atomic E-state index is 14.5. The van der Waals surface area contributed by atoms with Gasteiger partial charge in [-0.1, -0.05) is 11.8 Å². The van der Waals surface area contributed by atoms with E-state index in [1.807, 2.05) is 6.26 Å². The van der Waals surface area contributed by atoms with E-state index in [2.05, 4.69) is 4.98 Å². The fraction of sp³-hybridized carbons (Fsp3) is 0.200. The van der Waals surface area contributed by atoms with Crippen LogP contribution in [0.5, 0.6) is 0 Å². The highest BCUT2D eigenvalue weighted by atomic mass is 32.2. The first-order valence-electron chi connectivity index (χ1n) is 8.67. The van der Waals surface area contributed by atoms with Gasteiger partial charge in [0.1, 0.15) is 23.1 Å². The second-order valence-corrected chi connectivity index (χ2v) is 7.17. The maximum absolute atomic E-state index is 14.5. The quantitative estimate of drug-likeness (QED) is 0.600. The number of halogens is 3. The SMILES string of the molecule is CSc1ncc(C(=O)N2CCCc3cc(F)cc(F)c32)n1-c1ccc(F)cc1. The highest BCUT2D eigenvalue weighted by molar-refractivity contribution is 7.98. The van der Waals surface area contributed by atoms with Crippen LogP contribution in [0, 0.1) is 17.5 Å². The average molecular weight is 403 g/mol. The smallest absolute Gasteiger partial charge is 0.277 e. The van der Waals surface area contributed by atoms with Crippen molar-refractivity contribution in [3.8, 4) is 5.69 Å². The van der Waals surface area contributed by atoms with Crippen molar-refractivity contribution >= 4 is 23.4 Å². The number of hydrogen-bond acceptors (Lipinski definition) is 3. The predicted octanol–water partition coefficient (Wildman–Crippen LogP) is 4.60. The van der Waals surface area contributed by atoms with E-state index in [4.69, 9.17) is 0 Å². The molecule has 0 aliphatic carbocycles. The topological polar surface area (TPSA) is 38.1 Å². The molecule has 0 unspecified atom stereocenters. The zero-order valence-corrected chi connectivity index (χ0v) is 15.8. The van der Waals surface area contributed by atoms with Gasteiger partial charge >= 0.3 is 0 Å². The van der Waals surface area contributed by atoms with Crippen LogP contribution in [0.4, 0.5) is 18.9 Å².